The molecule has 2 aromatic carbocycles. The number of pyridine rings is 1. The molecule has 1 aromatic heterocycles. The Labute approximate surface area is 222 Å². The molecule has 2 aliphatic rings. The van der Waals surface area contributed by atoms with Crippen LogP contribution in [0, 0.1) is 6.92 Å². The van der Waals surface area contributed by atoms with Gasteiger partial charge in [0.15, 0.2) is 0 Å². The summed E-state index contributed by atoms with van der Waals surface area (Å²) in [6.07, 6.45) is 1.64. The van der Waals surface area contributed by atoms with Crippen LogP contribution in [0.4, 0.5) is 10.5 Å². The summed E-state index contributed by atoms with van der Waals surface area (Å²) in [5.41, 5.74) is 3.40. The van der Waals surface area contributed by atoms with Gasteiger partial charge in [-0.2, -0.15) is 9.59 Å². The standard InChI is InChI=1S/C28H33N3O4.CO2/c1-4-33-24-15-20(3)29-26-23(24)16-21(17-25(26)34-5-2)18-30-13-11-28(12-14-30)19-31(27(32)35-28)22-9-7-6-8-10-22;2-1-3/h6-10,15-17H,4-5,11-14,18-19H2,1-3H3;. The number of likely N-dealkylation sites (tertiary alicyclic amines) is 1. The zero-order chi connectivity index (χ0) is 27.1. The minimum Gasteiger partial charge on any atom is -0.493 e. The van der Waals surface area contributed by atoms with Gasteiger partial charge in [0.05, 0.1) is 19.8 Å². The average molecular weight is 520 g/mol. The van der Waals surface area contributed by atoms with E-state index in [1.54, 1.807) is 4.90 Å². The van der Waals surface area contributed by atoms with Gasteiger partial charge in [-0.3, -0.25) is 9.80 Å². The van der Waals surface area contributed by atoms with E-state index in [2.05, 4.69) is 17.0 Å². The third-order valence-corrected chi connectivity index (χ3v) is 6.84. The molecule has 5 rings (SSSR count). The van der Waals surface area contributed by atoms with Gasteiger partial charge in [0.25, 0.3) is 0 Å². The summed E-state index contributed by atoms with van der Waals surface area (Å²) in [4.78, 5) is 37.8. The summed E-state index contributed by atoms with van der Waals surface area (Å²) in [7, 11) is 0. The highest BCUT2D eigenvalue weighted by atomic mass is 16.6. The second-order valence-corrected chi connectivity index (χ2v) is 9.45. The molecule has 2 fully saturated rings. The number of amides is 1. The van der Waals surface area contributed by atoms with Gasteiger partial charge in [-0.25, -0.2) is 9.78 Å². The van der Waals surface area contributed by atoms with E-state index in [1.165, 1.54) is 0 Å². The molecule has 0 radical (unpaired) electrons. The lowest BCUT2D eigenvalue weighted by molar-refractivity contribution is -0.191. The summed E-state index contributed by atoms with van der Waals surface area (Å²) in [5.74, 6) is 1.63. The molecule has 3 heterocycles. The van der Waals surface area contributed by atoms with Gasteiger partial charge in [-0.1, -0.05) is 18.2 Å². The van der Waals surface area contributed by atoms with Crippen LogP contribution in [0.5, 0.6) is 11.5 Å². The van der Waals surface area contributed by atoms with Crippen molar-refractivity contribution < 1.29 is 28.6 Å². The minimum absolute atomic E-state index is 0.244. The number of hydrogen-bond acceptors (Lipinski definition) is 8. The zero-order valence-electron chi connectivity index (χ0n) is 22.1. The normalized spacial score (nSPS) is 16.5. The molecule has 1 amide bonds. The van der Waals surface area contributed by atoms with Crippen molar-refractivity contribution in [1.29, 1.82) is 0 Å². The van der Waals surface area contributed by atoms with E-state index in [0.717, 1.165) is 71.8 Å². The van der Waals surface area contributed by atoms with E-state index in [9.17, 15) is 4.79 Å². The molecular formula is C29H33N3O6. The highest BCUT2D eigenvalue weighted by Crippen LogP contribution is 2.37. The van der Waals surface area contributed by atoms with Crippen molar-refractivity contribution in [3.8, 4) is 11.5 Å². The molecule has 0 aliphatic carbocycles. The van der Waals surface area contributed by atoms with Gasteiger partial charge >= 0.3 is 12.2 Å². The number of carbonyl (C=O) groups is 1. The van der Waals surface area contributed by atoms with Gasteiger partial charge in [-0.05, 0) is 50.6 Å². The van der Waals surface area contributed by atoms with Crippen LogP contribution >= 0.6 is 0 Å². The van der Waals surface area contributed by atoms with Gasteiger partial charge < -0.3 is 14.2 Å². The van der Waals surface area contributed by atoms with Crippen LogP contribution < -0.4 is 14.4 Å². The monoisotopic (exact) mass is 519 g/mol. The van der Waals surface area contributed by atoms with Crippen LogP contribution in [0.15, 0.2) is 48.5 Å². The molecule has 0 N–H and O–H groups in total. The lowest BCUT2D eigenvalue weighted by Gasteiger charge is -2.37. The summed E-state index contributed by atoms with van der Waals surface area (Å²) in [6.45, 7) is 10.3. The second kappa shape index (κ2) is 12.1. The molecule has 9 heteroatoms. The summed E-state index contributed by atoms with van der Waals surface area (Å²) in [6, 6.07) is 16.0. The number of anilines is 1. The quantitative estimate of drug-likeness (QED) is 0.441. The van der Waals surface area contributed by atoms with Crippen molar-refractivity contribution in [3.63, 3.8) is 0 Å². The maximum atomic E-state index is 12.6. The molecular weight excluding hydrogens is 486 g/mol. The number of fused-ring (bicyclic) bond motifs is 1. The van der Waals surface area contributed by atoms with E-state index in [4.69, 9.17) is 28.8 Å². The maximum absolute atomic E-state index is 12.6. The predicted molar refractivity (Wildman–Crippen MR) is 141 cm³/mol. The minimum atomic E-state index is -0.410. The predicted octanol–water partition coefficient (Wildman–Crippen LogP) is 4.75. The first-order valence-corrected chi connectivity index (χ1v) is 12.9. The van der Waals surface area contributed by atoms with Crippen molar-refractivity contribution in [2.24, 2.45) is 0 Å². The van der Waals surface area contributed by atoms with E-state index in [-0.39, 0.29) is 12.2 Å². The van der Waals surface area contributed by atoms with Crippen molar-refractivity contribution in [2.75, 3.05) is 37.7 Å². The number of aromatic nitrogens is 1. The smallest absolute Gasteiger partial charge is 0.415 e. The molecule has 2 saturated heterocycles. The first-order chi connectivity index (χ1) is 18.4. The molecule has 9 nitrogen and oxygen atoms in total. The lowest BCUT2D eigenvalue weighted by atomic mass is 9.91. The first kappa shape index (κ1) is 27.1. The maximum Gasteiger partial charge on any atom is 0.415 e. The fourth-order valence-electron chi connectivity index (χ4n) is 5.14. The number of nitrogens with zero attached hydrogens (tertiary/aromatic N) is 3. The van der Waals surface area contributed by atoms with Crippen LogP contribution in [-0.4, -0.2) is 60.6 Å². The summed E-state index contributed by atoms with van der Waals surface area (Å²) >= 11 is 0. The fraction of sp³-hybridized carbons (Fsp3) is 0.414. The zero-order valence-corrected chi connectivity index (χ0v) is 22.1. The van der Waals surface area contributed by atoms with Crippen LogP contribution in [-0.2, 0) is 20.9 Å². The number of para-hydroxylation sites is 1. The Morgan fingerprint density at radius 3 is 2.32 bits per heavy atom. The van der Waals surface area contributed by atoms with E-state index >= 15 is 0 Å². The second-order valence-electron chi connectivity index (χ2n) is 9.45. The largest absolute Gasteiger partial charge is 0.493 e. The summed E-state index contributed by atoms with van der Waals surface area (Å²) in [5, 5.41) is 0.982. The molecule has 0 atom stereocenters. The SMILES string of the molecule is CCOc1cc(C)nc2c(OCC)cc(CN3CCC4(CC3)CN(c3ccccc3)C(=O)O4)cc12.O=C=O. The van der Waals surface area contributed by atoms with E-state index < -0.39 is 5.60 Å². The van der Waals surface area contributed by atoms with Crippen LogP contribution in [0.25, 0.3) is 10.9 Å². The number of benzene rings is 2. The number of ether oxygens (including phenoxy) is 3. The third kappa shape index (κ3) is 5.96. The Morgan fingerprint density at radius 2 is 1.66 bits per heavy atom. The number of piperidine rings is 1. The number of hydrogen-bond donors (Lipinski definition) is 0. The van der Waals surface area contributed by atoms with E-state index in [1.807, 2.05) is 57.2 Å². The molecule has 1 spiro atoms. The van der Waals surface area contributed by atoms with Gasteiger partial charge in [0.1, 0.15) is 22.6 Å². The molecule has 3 aromatic rings. The van der Waals surface area contributed by atoms with Crippen molar-refractivity contribution in [1.82, 2.24) is 9.88 Å². The van der Waals surface area contributed by atoms with Crippen LogP contribution in [0.2, 0.25) is 0 Å². The third-order valence-electron chi connectivity index (χ3n) is 6.84. The highest BCUT2D eigenvalue weighted by Gasteiger charge is 2.47. The average Bonchev–Trinajstić information content (AvgIpc) is 3.23. The lowest BCUT2D eigenvalue weighted by Crippen LogP contribution is -2.46. The van der Waals surface area contributed by atoms with E-state index in [0.29, 0.717) is 19.8 Å². The Bertz CT molecular complexity index is 1300. The number of rotatable bonds is 7. The number of aryl methyl sites for hydroxylation is 1. The Balaban J connectivity index is 0.00000107. The fourth-order valence-corrected chi connectivity index (χ4v) is 5.14. The molecule has 2 aliphatic heterocycles. The molecule has 38 heavy (non-hydrogen) atoms. The summed E-state index contributed by atoms with van der Waals surface area (Å²) < 4.78 is 17.8. The van der Waals surface area contributed by atoms with Crippen molar-refractivity contribution >= 4 is 28.8 Å². The molecule has 0 bridgehead atoms. The van der Waals surface area contributed by atoms with Gasteiger partial charge in [0, 0.05) is 55.3 Å². The first-order valence-electron chi connectivity index (χ1n) is 12.9. The topological polar surface area (TPSA) is 98.3 Å². The van der Waals surface area contributed by atoms with Crippen LogP contribution in [0.1, 0.15) is 37.9 Å². The van der Waals surface area contributed by atoms with Crippen molar-refractivity contribution in [3.05, 3.63) is 59.8 Å². The van der Waals surface area contributed by atoms with Gasteiger partial charge in [-0.15, -0.1) is 0 Å². The number of carbonyl (C=O) groups excluding carboxylic acids is 3. The Hall–Kier alpha value is -3.94. The Kier molecular flexibility index (Phi) is 8.61. The molecule has 0 saturated carbocycles. The van der Waals surface area contributed by atoms with Gasteiger partial charge in [0.2, 0.25) is 0 Å². The van der Waals surface area contributed by atoms with Crippen LogP contribution in [0.3, 0.4) is 0 Å². The Morgan fingerprint density at radius 1 is 1.00 bits per heavy atom. The van der Waals surface area contributed by atoms with Crippen molar-refractivity contribution in [2.45, 2.75) is 45.8 Å². The molecule has 200 valence electrons. The highest BCUT2D eigenvalue weighted by molar-refractivity contribution is 5.91. The molecule has 0 unspecified atom stereocenters.